The number of hydrogen-bond acceptors (Lipinski definition) is 5. The molecule has 1 fully saturated rings. The fourth-order valence-electron chi connectivity index (χ4n) is 5.92. The van der Waals surface area contributed by atoms with Crippen molar-refractivity contribution in [3.05, 3.63) is 125 Å². The average Bonchev–Trinajstić information content (AvgIpc) is 3.10. The number of rotatable bonds is 13. The third-order valence-electron chi connectivity index (χ3n) is 8.51. The number of sulfonamides is 1. The maximum Gasteiger partial charge on any atom is 0.264 e. The van der Waals surface area contributed by atoms with E-state index in [1.54, 1.807) is 30.3 Å². The summed E-state index contributed by atoms with van der Waals surface area (Å²) in [6.07, 6.45) is 5.00. The van der Waals surface area contributed by atoms with Crippen molar-refractivity contribution in [3.63, 3.8) is 0 Å². The van der Waals surface area contributed by atoms with Gasteiger partial charge in [-0.3, -0.25) is 13.9 Å². The fourth-order valence-corrected chi connectivity index (χ4v) is 7.51. The summed E-state index contributed by atoms with van der Waals surface area (Å²) in [6, 6.07) is 26.1. The van der Waals surface area contributed by atoms with Gasteiger partial charge in [-0.25, -0.2) is 12.8 Å². The summed E-state index contributed by atoms with van der Waals surface area (Å²) in [7, 11) is -2.83. The first kappa shape index (κ1) is 34.9. The van der Waals surface area contributed by atoms with Gasteiger partial charge in [-0.15, -0.1) is 0 Å². The van der Waals surface area contributed by atoms with Crippen LogP contribution in [0.15, 0.2) is 108 Å². The van der Waals surface area contributed by atoms with E-state index in [0.29, 0.717) is 11.3 Å². The standard InChI is InChI=1S/C37H39ClFN3O5S/c1-47-33-19-21-34(22-20-33)48(45,46)42(32-14-8-11-29(38)24-32)26-36(43)41(25-28-15-17-30(39)18-16-28)35(23-27-9-4-2-5-10-27)37(44)40-31-12-6-3-7-13-31/h2,4-5,8-11,14-22,24,31,35H,3,6-7,12-13,23,25-26H2,1H3,(H,40,44)/t35-/m1/s1. The molecule has 252 valence electrons. The minimum absolute atomic E-state index is 0.0225. The highest BCUT2D eigenvalue weighted by Crippen LogP contribution is 2.28. The van der Waals surface area contributed by atoms with Crippen LogP contribution in [0.3, 0.4) is 0 Å². The Balaban J connectivity index is 1.56. The van der Waals surface area contributed by atoms with Crippen molar-refractivity contribution in [1.82, 2.24) is 10.2 Å². The zero-order valence-electron chi connectivity index (χ0n) is 26.7. The molecule has 1 aliphatic carbocycles. The molecule has 1 N–H and O–H groups in total. The first-order valence-corrected chi connectivity index (χ1v) is 17.8. The molecule has 48 heavy (non-hydrogen) atoms. The van der Waals surface area contributed by atoms with Gasteiger partial charge in [-0.1, -0.05) is 79.4 Å². The van der Waals surface area contributed by atoms with Crippen molar-refractivity contribution in [3.8, 4) is 5.75 Å². The fraction of sp³-hybridized carbons (Fsp3) is 0.297. The number of amides is 2. The van der Waals surface area contributed by atoms with Crippen LogP contribution >= 0.6 is 11.6 Å². The minimum Gasteiger partial charge on any atom is -0.497 e. The molecule has 0 unspecified atom stereocenters. The van der Waals surface area contributed by atoms with Crippen LogP contribution in [0.2, 0.25) is 5.02 Å². The normalized spacial score (nSPS) is 14.1. The van der Waals surface area contributed by atoms with Gasteiger partial charge in [0.15, 0.2) is 0 Å². The second-order valence-electron chi connectivity index (χ2n) is 11.9. The molecule has 2 amide bonds. The van der Waals surface area contributed by atoms with Crippen molar-refractivity contribution in [2.24, 2.45) is 0 Å². The molecule has 8 nitrogen and oxygen atoms in total. The lowest BCUT2D eigenvalue weighted by Crippen LogP contribution is -2.55. The van der Waals surface area contributed by atoms with Crippen molar-refractivity contribution >= 4 is 39.1 Å². The highest BCUT2D eigenvalue weighted by molar-refractivity contribution is 7.92. The highest BCUT2D eigenvalue weighted by atomic mass is 35.5. The number of carbonyl (C=O) groups is 2. The third-order valence-corrected chi connectivity index (χ3v) is 10.5. The Kier molecular flexibility index (Phi) is 11.7. The molecule has 0 aliphatic heterocycles. The predicted octanol–water partition coefficient (Wildman–Crippen LogP) is 6.77. The van der Waals surface area contributed by atoms with E-state index >= 15 is 0 Å². The maximum atomic E-state index is 14.6. The first-order chi connectivity index (χ1) is 23.1. The van der Waals surface area contributed by atoms with Gasteiger partial charge in [0, 0.05) is 24.0 Å². The summed E-state index contributed by atoms with van der Waals surface area (Å²) in [4.78, 5) is 30.1. The Bertz CT molecular complexity index is 1780. The number of ether oxygens (including phenoxy) is 1. The number of hydrogen-bond donors (Lipinski definition) is 1. The number of nitrogens with zero attached hydrogens (tertiary/aromatic N) is 2. The summed E-state index contributed by atoms with van der Waals surface area (Å²) >= 11 is 6.30. The summed E-state index contributed by atoms with van der Waals surface area (Å²) < 4.78 is 48.5. The molecule has 0 spiro atoms. The topological polar surface area (TPSA) is 96.0 Å². The number of benzene rings is 4. The van der Waals surface area contributed by atoms with E-state index < -0.39 is 34.3 Å². The van der Waals surface area contributed by atoms with Gasteiger partial charge < -0.3 is 15.0 Å². The number of carbonyl (C=O) groups excluding carboxylic acids is 2. The molecule has 0 saturated heterocycles. The average molecular weight is 692 g/mol. The Morgan fingerprint density at radius 2 is 1.58 bits per heavy atom. The van der Waals surface area contributed by atoms with Crippen LogP contribution in [0.4, 0.5) is 10.1 Å². The lowest BCUT2D eigenvalue weighted by atomic mass is 9.94. The molecule has 0 radical (unpaired) electrons. The molecular weight excluding hydrogens is 653 g/mol. The Morgan fingerprint density at radius 3 is 2.23 bits per heavy atom. The number of halogens is 2. The van der Waals surface area contributed by atoms with Crippen LogP contribution in [0.5, 0.6) is 5.75 Å². The lowest BCUT2D eigenvalue weighted by molar-refractivity contribution is -0.140. The molecule has 5 rings (SSSR count). The van der Waals surface area contributed by atoms with Crippen molar-refractivity contribution in [1.29, 1.82) is 0 Å². The number of nitrogens with one attached hydrogen (secondary N) is 1. The van der Waals surface area contributed by atoms with Crippen LogP contribution in [-0.2, 0) is 32.6 Å². The zero-order chi connectivity index (χ0) is 34.1. The van der Waals surface area contributed by atoms with E-state index in [-0.39, 0.29) is 40.5 Å². The predicted molar refractivity (Wildman–Crippen MR) is 185 cm³/mol. The van der Waals surface area contributed by atoms with E-state index in [9.17, 15) is 22.4 Å². The zero-order valence-corrected chi connectivity index (χ0v) is 28.3. The van der Waals surface area contributed by atoms with Crippen molar-refractivity contribution in [2.45, 2.75) is 62.0 Å². The van der Waals surface area contributed by atoms with Crippen LogP contribution in [0, 0.1) is 5.82 Å². The summed E-state index contributed by atoms with van der Waals surface area (Å²) in [5.41, 5.74) is 1.59. The van der Waals surface area contributed by atoms with E-state index in [0.717, 1.165) is 42.0 Å². The Labute approximate surface area is 286 Å². The van der Waals surface area contributed by atoms with E-state index in [1.165, 1.54) is 54.5 Å². The molecule has 0 bridgehead atoms. The molecule has 11 heteroatoms. The summed E-state index contributed by atoms with van der Waals surface area (Å²) in [6.45, 7) is -0.682. The van der Waals surface area contributed by atoms with Crippen molar-refractivity contribution < 1.29 is 27.1 Å². The summed E-state index contributed by atoms with van der Waals surface area (Å²) in [5.74, 6) is -0.910. The van der Waals surface area contributed by atoms with E-state index in [4.69, 9.17) is 16.3 Å². The van der Waals surface area contributed by atoms with Crippen LogP contribution in [0.25, 0.3) is 0 Å². The van der Waals surface area contributed by atoms with E-state index in [1.807, 2.05) is 30.3 Å². The first-order valence-electron chi connectivity index (χ1n) is 15.9. The van der Waals surface area contributed by atoms with Gasteiger partial charge in [0.05, 0.1) is 17.7 Å². The van der Waals surface area contributed by atoms with Gasteiger partial charge in [-0.2, -0.15) is 0 Å². The second-order valence-corrected chi connectivity index (χ2v) is 14.2. The molecule has 0 aromatic heterocycles. The number of anilines is 1. The minimum atomic E-state index is -4.31. The highest BCUT2D eigenvalue weighted by Gasteiger charge is 2.35. The van der Waals surface area contributed by atoms with Crippen molar-refractivity contribution in [2.75, 3.05) is 18.0 Å². The molecule has 4 aromatic carbocycles. The summed E-state index contributed by atoms with van der Waals surface area (Å²) in [5, 5.41) is 3.46. The third kappa shape index (κ3) is 8.93. The Morgan fingerprint density at radius 1 is 0.896 bits per heavy atom. The van der Waals surface area contributed by atoms with Gasteiger partial charge >= 0.3 is 0 Å². The monoisotopic (exact) mass is 691 g/mol. The number of methoxy groups -OCH3 is 1. The Hall–Kier alpha value is -4.41. The van der Waals surface area contributed by atoms with Crippen LogP contribution < -0.4 is 14.4 Å². The largest absolute Gasteiger partial charge is 0.497 e. The second kappa shape index (κ2) is 16.1. The molecule has 1 atom stereocenters. The van der Waals surface area contributed by atoms with E-state index in [2.05, 4.69) is 5.32 Å². The maximum absolute atomic E-state index is 14.6. The molecular formula is C37H39ClFN3O5S. The smallest absolute Gasteiger partial charge is 0.264 e. The molecule has 4 aromatic rings. The van der Waals surface area contributed by atoms with Gasteiger partial charge in [-0.05, 0) is 78.6 Å². The van der Waals surface area contributed by atoms with Crippen LogP contribution in [0.1, 0.15) is 43.2 Å². The molecule has 0 heterocycles. The van der Waals surface area contributed by atoms with Crippen LogP contribution in [-0.4, -0.2) is 50.9 Å². The molecule has 1 aliphatic rings. The lowest BCUT2D eigenvalue weighted by Gasteiger charge is -2.35. The molecule has 1 saturated carbocycles. The van der Waals surface area contributed by atoms with Gasteiger partial charge in [0.1, 0.15) is 24.2 Å². The van der Waals surface area contributed by atoms with Gasteiger partial charge in [0.25, 0.3) is 10.0 Å². The quantitative estimate of drug-likeness (QED) is 0.167. The van der Waals surface area contributed by atoms with Gasteiger partial charge in [0.2, 0.25) is 11.8 Å². The SMILES string of the molecule is COc1ccc(S(=O)(=O)N(CC(=O)N(Cc2ccc(F)cc2)[C@H](Cc2ccccc2)C(=O)NC2CCCCC2)c2cccc(Cl)c2)cc1.